The maximum Gasteiger partial charge on any atom is 0.227 e. The number of halogens is 2. The van der Waals surface area contributed by atoms with E-state index in [9.17, 15) is 13.6 Å². The molecule has 2 aromatic rings. The Kier molecular flexibility index (Phi) is 3.91. The van der Waals surface area contributed by atoms with Gasteiger partial charge in [0.1, 0.15) is 17.7 Å². The highest BCUT2D eigenvalue weighted by atomic mass is 32.2. The Morgan fingerprint density at radius 3 is 2.58 bits per heavy atom. The summed E-state index contributed by atoms with van der Waals surface area (Å²) in [4.78, 5) is 17.4. The average molecular weight is 376 g/mol. The van der Waals surface area contributed by atoms with E-state index in [2.05, 4.69) is 15.4 Å². The van der Waals surface area contributed by atoms with Crippen LogP contribution in [-0.4, -0.2) is 26.8 Å². The third-order valence-corrected chi connectivity index (χ3v) is 5.23. The first-order valence-corrected chi connectivity index (χ1v) is 9.50. The molecule has 1 N–H and O–H groups in total. The van der Waals surface area contributed by atoms with E-state index < -0.39 is 17.7 Å². The summed E-state index contributed by atoms with van der Waals surface area (Å²) in [5, 5.41) is 8.17. The maximum atomic E-state index is 13.9. The fraction of sp³-hybridized carbons (Fsp3) is 0.389. The molecule has 0 spiro atoms. The van der Waals surface area contributed by atoms with Crippen molar-refractivity contribution in [2.24, 2.45) is 5.41 Å². The lowest BCUT2D eigenvalue weighted by Gasteiger charge is -2.38. The van der Waals surface area contributed by atoms with E-state index in [4.69, 9.17) is 0 Å². The predicted octanol–water partition coefficient (Wildman–Crippen LogP) is 3.94. The molecule has 0 saturated carbocycles. The molecule has 0 radical (unpaired) electrons. The van der Waals surface area contributed by atoms with E-state index in [0.29, 0.717) is 35.1 Å². The maximum absolute atomic E-state index is 13.9. The Hall–Kier alpha value is -2.22. The first-order valence-electron chi connectivity index (χ1n) is 8.27. The molecule has 1 atom stereocenters. The summed E-state index contributed by atoms with van der Waals surface area (Å²) in [6.45, 7) is 4.06. The number of carbonyl (C=O) groups is 1. The first kappa shape index (κ1) is 17.2. The molecule has 0 fully saturated rings. The molecule has 1 unspecified atom stereocenters. The molecule has 136 valence electrons. The average Bonchev–Trinajstić information content (AvgIpc) is 2.93. The molecular weight excluding hydrogens is 358 g/mol. The SMILES string of the molecule is CSc1nc2n(n1)C(c1cc(F)cc(F)c1)C1=C(CC(C)(C)CC1=O)N2. The molecule has 1 aliphatic carbocycles. The zero-order chi connectivity index (χ0) is 18.6. The van der Waals surface area contributed by atoms with E-state index in [0.717, 1.165) is 11.8 Å². The highest BCUT2D eigenvalue weighted by Gasteiger charge is 2.42. The molecule has 4 rings (SSSR count). The number of anilines is 1. The van der Waals surface area contributed by atoms with Crippen LogP contribution in [0.1, 0.15) is 38.3 Å². The molecule has 26 heavy (non-hydrogen) atoms. The summed E-state index contributed by atoms with van der Waals surface area (Å²) in [6, 6.07) is 2.63. The molecular formula is C18H18F2N4OS. The number of Topliss-reactive ketones (excluding diaryl/α,β-unsaturated/α-hetero) is 1. The van der Waals surface area contributed by atoms with Gasteiger partial charge in [0.05, 0.1) is 0 Å². The number of ketones is 1. The van der Waals surface area contributed by atoms with Crippen LogP contribution in [0.2, 0.25) is 0 Å². The second kappa shape index (κ2) is 5.90. The van der Waals surface area contributed by atoms with E-state index in [1.54, 1.807) is 4.68 Å². The number of allylic oxidation sites excluding steroid dienone is 2. The number of nitrogens with zero attached hydrogens (tertiary/aromatic N) is 3. The molecule has 0 amide bonds. The Morgan fingerprint density at radius 2 is 1.92 bits per heavy atom. The monoisotopic (exact) mass is 376 g/mol. The van der Waals surface area contributed by atoms with Crippen molar-refractivity contribution < 1.29 is 13.6 Å². The van der Waals surface area contributed by atoms with E-state index in [1.807, 2.05) is 20.1 Å². The van der Waals surface area contributed by atoms with Crippen LogP contribution in [0.3, 0.4) is 0 Å². The summed E-state index contributed by atoms with van der Waals surface area (Å²) in [5.74, 6) is -0.925. The standard InChI is InChI=1S/C18H18F2N4OS/c1-18(2)7-12-14(13(25)8-18)15(9-4-10(19)6-11(20)5-9)24-16(21-12)22-17(23-24)26-3/h4-6,15H,7-8H2,1-3H3,(H,21,22,23). The lowest BCUT2D eigenvalue weighted by molar-refractivity contribution is -0.118. The minimum absolute atomic E-state index is 0.0368. The van der Waals surface area contributed by atoms with Gasteiger partial charge < -0.3 is 5.32 Å². The summed E-state index contributed by atoms with van der Waals surface area (Å²) in [5.41, 5.74) is 1.43. The van der Waals surface area contributed by atoms with Crippen molar-refractivity contribution >= 4 is 23.5 Å². The van der Waals surface area contributed by atoms with E-state index >= 15 is 0 Å². The van der Waals surface area contributed by atoms with Gasteiger partial charge in [0.2, 0.25) is 11.1 Å². The Bertz CT molecular complexity index is 930. The van der Waals surface area contributed by atoms with Crippen LogP contribution in [0.4, 0.5) is 14.7 Å². The molecule has 0 saturated heterocycles. The largest absolute Gasteiger partial charge is 0.328 e. The normalized spacial score (nSPS) is 21.3. The molecule has 2 aliphatic rings. The second-order valence-corrected chi connectivity index (χ2v) is 8.20. The van der Waals surface area contributed by atoms with Gasteiger partial charge in [-0.05, 0) is 35.8 Å². The minimum atomic E-state index is -0.691. The van der Waals surface area contributed by atoms with Crippen LogP contribution in [0, 0.1) is 17.0 Å². The Balaban J connectivity index is 1.94. The lowest BCUT2D eigenvalue weighted by Crippen LogP contribution is -2.36. The number of fused-ring (bicyclic) bond motifs is 1. The number of hydrogen-bond donors (Lipinski definition) is 1. The van der Waals surface area contributed by atoms with Gasteiger partial charge in [0.15, 0.2) is 5.78 Å². The number of carbonyl (C=O) groups excluding carboxylic acids is 1. The van der Waals surface area contributed by atoms with Gasteiger partial charge in [-0.25, -0.2) is 13.5 Å². The predicted molar refractivity (Wildman–Crippen MR) is 95.0 cm³/mol. The van der Waals surface area contributed by atoms with Gasteiger partial charge in [-0.3, -0.25) is 4.79 Å². The molecule has 2 heterocycles. The molecule has 1 aromatic carbocycles. The van der Waals surface area contributed by atoms with Crippen molar-refractivity contribution in [3.63, 3.8) is 0 Å². The smallest absolute Gasteiger partial charge is 0.227 e. The molecule has 1 aliphatic heterocycles. The zero-order valence-electron chi connectivity index (χ0n) is 14.6. The fourth-order valence-corrected chi connectivity index (χ4v) is 4.06. The van der Waals surface area contributed by atoms with Crippen LogP contribution in [0.25, 0.3) is 0 Å². The summed E-state index contributed by atoms with van der Waals surface area (Å²) < 4.78 is 29.3. The van der Waals surface area contributed by atoms with Crippen LogP contribution in [0.5, 0.6) is 0 Å². The third-order valence-electron chi connectivity index (χ3n) is 4.70. The summed E-state index contributed by atoms with van der Waals surface area (Å²) in [6.07, 6.45) is 2.88. The quantitative estimate of drug-likeness (QED) is 0.805. The van der Waals surface area contributed by atoms with Gasteiger partial charge in [-0.15, -0.1) is 5.10 Å². The molecule has 8 heteroatoms. The van der Waals surface area contributed by atoms with E-state index in [-0.39, 0.29) is 11.2 Å². The number of nitrogens with one attached hydrogen (secondary N) is 1. The highest BCUT2D eigenvalue weighted by molar-refractivity contribution is 7.98. The van der Waals surface area contributed by atoms with Gasteiger partial charge in [0, 0.05) is 23.8 Å². The summed E-state index contributed by atoms with van der Waals surface area (Å²) >= 11 is 1.37. The third kappa shape index (κ3) is 2.82. The van der Waals surface area contributed by atoms with E-state index in [1.165, 1.54) is 23.9 Å². The van der Waals surface area contributed by atoms with Crippen LogP contribution in [0.15, 0.2) is 34.6 Å². The number of rotatable bonds is 2. The molecule has 5 nitrogen and oxygen atoms in total. The van der Waals surface area contributed by atoms with Gasteiger partial charge in [-0.1, -0.05) is 25.6 Å². The number of aromatic nitrogens is 3. The van der Waals surface area contributed by atoms with Gasteiger partial charge >= 0.3 is 0 Å². The van der Waals surface area contributed by atoms with Crippen molar-refractivity contribution in [3.8, 4) is 0 Å². The van der Waals surface area contributed by atoms with Crippen molar-refractivity contribution in [3.05, 3.63) is 46.7 Å². The van der Waals surface area contributed by atoms with Crippen LogP contribution >= 0.6 is 11.8 Å². The topological polar surface area (TPSA) is 59.8 Å². The lowest BCUT2D eigenvalue weighted by atomic mass is 9.73. The number of benzene rings is 1. The van der Waals surface area contributed by atoms with Crippen LogP contribution < -0.4 is 5.32 Å². The fourth-order valence-electron chi connectivity index (χ4n) is 3.72. The van der Waals surface area contributed by atoms with Crippen molar-refractivity contribution in [2.45, 2.75) is 37.9 Å². The van der Waals surface area contributed by atoms with Crippen LogP contribution in [-0.2, 0) is 4.79 Å². The molecule has 0 bridgehead atoms. The number of hydrogen-bond acceptors (Lipinski definition) is 5. The van der Waals surface area contributed by atoms with Crippen molar-refractivity contribution in [1.82, 2.24) is 14.8 Å². The van der Waals surface area contributed by atoms with Crippen molar-refractivity contribution in [1.29, 1.82) is 0 Å². The number of thioether (sulfide) groups is 1. The van der Waals surface area contributed by atoms with Gasteiger partial charge in [0.25, 0.3) is 0 Å². The Morgan fingerprint density at radius 1 is 1.23 bits per heavy atom. The first-order chi connectivity index (χ1) is 12.3. The highest BCUT2D eigenvalue weighted by Crippen LogP contribution is 2.45. The summed E-state index contributed by atoms with van der Waals surface area (Å²) in [7, 11) is 0. The zero-order valence-corrected chi connectivity index (χ0v) is 15.5. The second-order valence-electron chi connectivity index (χ2n) is 7.43. The Labute approximate surface area is 153 Å². The minimum Gasteiger partial charge on any atom is -0.328 e. The van der Waals surface area contributed by atoms with Crippen molar-refractivity contribution in [2.75, 3.05) is 11.6 Å². The molecule has 1 aromatic heterocycles. The van der Waals surface area contributed by atoms with Gasteiger partial charge in [-0.2, -0.15) is 4.98 Å².